The molecule has 0 radical (unpaired) electrons. The van der Waals surface area contributed by atoms with Crippen LogP contribution in [0, 0.1) is 0 Å². The van der Waals surface area contributed by atoms with E-state index in [-0.39, 0.29) is 18.0 Å². The molecule has 1 aromatic rings. The number of benzene rings is 1. The summed E-state index contributed by atoms with van der Waals surface area (Å²) < 4.78 is 0. The molecule has 0 spiro atoms. The van der Waals surface area contributed by atoms with Gasteiger partial charge in [-0.05, 0) is 24.3 Å². The van der Waals surface area contributed by atoms with Gasteiger partial charge in [0.25, 0.3) is 0 Å². The highest BCUT2D eigenvalue weighted by atomic mass is 35.5. The van der Waals surface area contributed by atoms with E-state index in [0.717, 1.165) is 5.69 Å². The molecule has 1 aliphatic heterocycles. The molecule has 18 heavy (non-hydrogen) atoms. The first-order chi connectivity index (χ1) is 8.60. The van der Waals surface area contributed by atoms with Crippen molar-refractivity contribution in [3.05, 3.63) is 29.3 Å². The Kier molecular flexibility index (Phi) is 3.72. The summed E-state index contributed by atoms with van der Waals surface area (Å²) in [6.45, 7) is 0.480. The van der Waals surface area contributed by atoms with Gasteiger partial charge in [-0.1, -0.05) is 11.6 Å². The summed E-state index contributed by atoms with van der Waals surface area (Å²) in [5.41, 5.74) is 0.797. The van der Waals surface area contributed by atoms with Crippen molar-refractivity contribution in [2.45, 2.75) is 12.5 Å². The van der Waals surface area contributed by atoms with Gasteiger partial charge in [-0.2, -0.15) is 0 Å². The summed E-state index contributed by atoms with van der Waals surface area (Å²) in [6, 6.07) is 6.64. The van der Waals surface area contributed by atoms with Crippen LogP contribution in [0.4, 0.5) is 10.5 Å². The van der Waals surface area contributed by atoms with E-state index in [4.69, 9.17) is 11.6 Å². The van der Waals surface area contributed by atoms with Gasteiger partial charge in [0, 0.05) is 30.7 Å². The second-order valence-corrected chi connectivity index (χ2v) is 4.54. The van der Waals surface area contributed by atoms with E-state index in [1.165, 1.54) is 0 Å². The monoisotopic (exact) mass is 267 g/mol. The van der Waals surface area contributed by atoms with Crippen LogP contribution >= 0.6 is 11.6 Å². The molecule has 3 amide bonds. The smallest absolute Gasteiger partial charge is 0.314 e. The average Bonchev–Trinajstić information content (AvgIpc) is 2.71. The Morgan fingerprint density at radius 1 is 1.39 bits per heavy atom. The molecule has 2 N–H and O–H groups in total. The molecule has 6 heteroatoms. The van der Waals surface area contributed by atoms with E-state index in [1.54, 1.807) is 36.2 Å². The number of hydrogen-bond donors (Lipinski definition) is 2. The molecular weight excluding hydrogens is 254 g/mol. The van der Waals surface area contributed by atoms with Gasteiger partial charge in [-0.3, -0.25) is 4.79 Å². The van der Waals surface area contributed by atoms with E-state index in [0.29, 0.717) is 18.0 Å². The van der Waals surface area contributed by atoms with E-state index in [1.807, 2.05) is 0 Å². The Bertz CT molecular complexity index is 461. The maximum atomic E-state index is 11.9. The Balaban J connectivity index is 2.05. The molecule has 1 saturated heterocycles. The van der Waals surface area contributed by atoms with Gasteiger partial charge in [0.05, 0.1) is 6.04 Å². The normalized spacial score (nSPS) is 18.9. The number of anilines is 1. The van der Waals surface area contributed by atoms with Gasteiger partial charge in [-0.15, -0.1) is 0 Å². The van der Waals surface area contributed by atoms with Crippen molar-refractivity contribution in [3.63, 3.8) is 0 Å². The van der Waals surface area contributed by atoms with Crippen LogP contribution in [0.2, 0.25) is 5.02 Å². The van der Waals surface area contributed by atoms with Crippen LogP contribution in [0.5, 0.6) is 0 Å². The van der Waals surface area contributed by atoms with Crippen molar-refractivity contribution >= 4 is 29.2 Å². The van der Waals surface area contributed by atoms with Crippen molar-refractivity contribution in [3.8, 4) is 0 Å². The molecule has 0 saturated carbocycles. The van der Waals surface area contributed by atoms with Crippen molar-refractivity contribution in [2.24, 2.45) is 0 Å². The predicted octanol–water partition coefficient (Wildman–Crippen LogP) is 1.37. The average molecular weight is 268 g/mol. The third-order valence-corrected chi connectivity index (χ3v) is 3.08. The standard InChI is InChI=1S/C12H14ClN3O2/c1-14-12(18)15-9-6-11(17)16(7-9)10-4-2-8(13)3-5-10/h2-5,9H,6-7H2,1H3,(H2,14,15,18)/t9-/m0/s1. The molecule has 1 aromatic carbocycles. The summed E-state index contributed by atoms with van der Waals surface area (Å²) in [6.07, 6.45) is 0.316. The highest BCUT2D eigenvalue weighted by Gasteiger charge is 2.31. The van der Waals surface area contributed by atoms with Gasteiger partial charge >= 0.3 is 6.03 Å². The largest absolute Gasteiger partial charge is 0.341 e. The Morgan fingerprint density at radius 2 is 2.06 bits per heavy atom. The predicted molar refractivity (Wildman–Crippen MR) is 69.8 cm³/mol. The lowest BCUT2D eigenvalue weighted by Crippen LogP contribution is -2.41. The molecule has 2 rings (SSSR count). The molecule has 1 atom stereocenters. The van der Waals surface area contributed by atoms with Crippen molar-refractivity contribution in [2.75, 3.05) is 18.5 Å². The maximum Gasteiger partial charge on any atom is 0.314 e. The third-order valence-electron chi connectivity index (χ3n) is 2.83. The van der Waals surface area contributed by atoms with E-state index in [2.05, 4.69) is 10.6 Å². The number of halogens is 1. The van der Waals surface area contributed by atoms with Crippen LogP contribution in [0.3, 0.4) is 0 Å². The quantitative estimate of drug-likeness (QED) is 0.850. The Hall–Kier alpha value is -1.75. The number of nitrogens with zero attached hydrogens (tertiary/aromatic N) is 1. The first-order valence-corrected chi connectivity index (χ1v) is 6.02. The lowest BCUT2D eigenvalue weighted by Gasteiger charge is -2.17. The molecule has 0 aromatic heterocycles. The molecule has 96 valence electrons. The molecule has 0 bridgehead atoms. The van der Waals surface area contributed by atoms with Gasteiger partial charge in [0.2, 0.25) is 5.91 Å². The number of carbonyl (C=O) groups is 2. The zero-order valence-electron chi connectivity index (χ0n) is 9.94. The van der Waals surface area contributed by atoms with E-state index < -0.39 is 0 Å². The summed E-state index contributed by atoms with van der Waals surface area (Å²) in [4.78, 5) is 24.7. The van der Waals surface area contributed by atoms with Gasteiger partial charge < -0.3 is 15.5 Å². The summed E-state index contributed by atoms with van der Waals surface area (Å²) in [7, 11) is 1.54. The zero-order valence-corrected chi connectivity index (χ0v) is 10.7. The second-order valence-electron chi connectivity index (χ2n) is 4.11. The van der Waals surface area contributed by atoms with Crippen LogP contribution < -0.4 is 15.5 Å². The van der Waals surface area contributed by atoms with Crippen LogP contribution in [0.15, 0.2) is 24.3 Å². The molecule has 1 heterocycles. The molecule has 5 nitrogen and oxygen atoms in total. The van der Waals surface area contributed by atoms with Gasteiger partial charge in [0.15, 0.2) is 0 Å². The van der Waals surface area contributed by atoms with E-state index >= 15 is 0 Å². The number of amides is 3. The minimum Gasteiger partial charge on any atom is -0.341 e. The van der Waals surface area contributed by atoms with Gasteiger partial charge in [-0.25, -0.2) is 4.79 Å². The zero-order chi connectivity index (χ0) is 13.1. The summed E-state index contributed by atoms with van der Waals surface area (Å²) >= 11 is 5.80. The molecule has 0 unspecified atom stereocenters. The van der Waals surface area contributed by atoms with E-state index in [9.17, 15) is 9.59 Å². The summed E-state index contributed by atoms with van der Waals surface area (Å²) in [5.74, 6) is -0.00118. The molecule has 1 aliphatic rings. The fourth-order valence-electron chi connectivity index (χ4n) is 1.93. The second kappa shape index (κ2) is 5.27. The Labute approximate surface area is 110 Å². The fraction of sp³-hybridized carbons (Fsp3) is 0.333. The number of urea groups is 1. The van der Waals surface area contributed by atoms with Crippen molar-refractivity contribution in [1.29, 1.82) is 0 Å². The van der Waals surface area contributed by atoms with Gasteiger partial charge in [0.1, 0.15) is 0 Å². The number of nitrogens with one attached hydrogen (secondary N) is 2. The minimum absolute atomic E-state index is 0.00118. The van der Waals surface area contributed by atoms with Crippen LogP contribution in [0.1, 0.15) is 6.42 Å². The third kappa shape index (κ3) is 2.73. The SMILES string of the molecule is CNC(=O)N[C@H]1CC(=O)N(c2ccc(Cl)cc2)C1. The highest BCUT2D eigenvalue weighted by Crippen LogP contribution is 2.23. The number of rotatable bonds is 2. The molecule has 0 aliphatic carbocycles. The lowest BCUT2D eigenvalue weighted by molar-refractivity contribution is -0.117. The van der Waals surface area contributed by atoms with Crippen molar-refractivity contribution in [1.82, 2.24) is 10.6 Å². The van der Waals surface area contributed by atoms with Crippen LogP contribution in [0.25, 0.3) is 0 Å². The molecule has 1 fully saturated rings. The number of hydrogen-bond acceptors (Lipinski definition) is 2. The maximum absolute atomic E-state index is 11.9. The topological polar surface area (TPSA) is 61.4 Å². The Morgan fingerprint density at radius 3 is 2.67 bits per heavy atom. The minimum atomic E-state index is -0.272. The highest BCUT2D eigenvalue weighted by molar-refractivity contribution is 6.30. The van der Waals surface area contributed by atoms with Crippen LogP contribution in [-0.2, 0) is 4.79 Å². The first kappa shape index (κ1) is 12.7. The number of carbonyl (C=O) groups excluding carboxylic acids is 2. The van der Waals surface area contributed by atoms with Crippen LogP contribution in [-0.4, -0.2) is 31.6 Å². The lowest BCUT2D eigenvalue weighted by atomic mass is 10.2. The molecular formula is C12H14ClN3O2. The first-order valence-electron chi connectivity index (χ1n) is 5.64. The fourth-order valence-corrected chi connectivity index (χ4v) is 2.06. The van der Waals surface area contributed by atoms with Crippen molar-refractivity contribution < 1.29 is 9.59 Å². The summed E-state index contributed by atoms with van der Waals surface area (Å²) in [5, 5.41) is 5.83.